The lowest BCUT2D eigenvalue weighted by atomic mass is 9.92. The first kappa shape index (κ1) is 27.9. The normalized spacial score (nSPS) is 22.0. The fourth-order valence-corrected chi connectivity index (χ4v) is 5.97. The monoisotopic (exact) mass is 545 g/mol. The van der Waals surface area contributed by atoms with Gasteiger partial charge in [0.2, 0.25) is 11.8 Å². The molecule has 2 unspecified atom stereocenters. The summed E-state index contributed by atoms with van der Waals surface area (Å²) in [6, 6.07) is 12.0. The minimum absolute atomic E-state index is 0.00362. The van der Waals surface area contributed by atoms with Gasteiger partial charge in [0.25, 0.3) is 0 Å². The molecule has 3 aliphatic rings. The van der Waals surface area contributed by atoms with E-state index < -0.39 is 0 Å². The molecule has 212 valence electrons. The number of ether oxygens (including phenoxy) is 2. The Balaban J connectivity index is 1.15. The molecule has 0 spiro atoms. The number of nitrogens with one attached hydrogen (secondary N) is 1. The molecule has 4 heterocycles. The highest BCUT2D eigenvalue weighted by Gasteiger charge is 2.34. The van der Waals surface area contributed by atoms with Crippen molar-refractivity contribution in [2.45, 2.75) is 83.7 Å². The molecule has 0 radical (unpaired) electrons. The molecular weight excluding hydrogens is 506 g/mol. The standard InChI is InChI=1S/C31H39N5O4/c1-20(2)39-31(38)35-13-10-22(11-14-35)21(3)40-29-9-8-25(18-34-29)23-6-7-24-16-28(33-19-26(24)15-23)30(37)36-12-4-5-27(36)17-32/h6-9,15,18,20-22,27-28,33H,4-5,10-14,16,19H2,1-3H3/t21-,27?,28?/m0/s1. The van der Waals surface area contributed by atoms with E-state index in [9.17, 15) is 14.9 Å². The molecule has 9 heteroatoms. The maximum atomic E-state index is 13.0. The number of benzene rings is 1. The molecule has 1 aromatic carbocycles. The number of amides is 2. The molecule has 3 atom stereocenters. The zero-order valence-electron chi connectivity index (χ0n) is 23.6. The molecule has 0 saturated carbocycles. The zero-order chi connectivity index (χ0) is 28.2. The molecule has 0 bridgehead atoms. The number of carbonyl (C=O) groups excluding carboxylic acids is 2. The maximum Gasteiger partial charge on any atom is 0.410 e. The first-order valence-electron chi connectivity index (χ1n) is 14.5. The second-order valence-corrected chi connectivity index (χ2v) is 11.4. The largest absolute Gasteiger partial charge is 0.474 e. The van der Waals surface area contributed by atoms with E-state index in [1.54, 1.807) is 9.80 Å². The van der Waals surface area contributed by atoms with Crippen LogP contribution in [0.2, 0.25) is 0 Å². The average molecular weight is 546 g/mol. The van der Waals surface area contributed by atoms with E-state index in [0.717, 1.165) is 36.8 Å². The molecule has 2 fully saturated rings. The molecule has 2 saturated heterocycles. The van der Waals surface area contributed by atoms with Gasteiger partial charge in [-0.25, -0.2) is 9.78 Å². The van der Waals surface area contributed by atoms with Crippen LogP contribution in [0.25, 0.3) is 11.1 Å². The summed E-state index contributed by atoms with van der Waals surface area (Å²) in [5.41, 5.74) is 4.42. The third-order valence-corrected chi connectivity index (χ3v) is 8.33. The Kier molecular flexibility index (Phi) is 8.55. The number of hydrogen-bond acceptors (Lipinski definition) is 7. The molecule has 2 amide bonds. The van der Waals surface area contributed by atoms with Gasteiger partial charge in [-0.1, -0.05) is 12.1 Å². The van der Waals surface area contributed by atoms with E-state index >= 15 is 0 Å². The van der Waals surface area contributed by atoms with Crippen LogP contribution in [0, 0.1) is 17.2 Å². The number of carbonyl (C=O) groups is 2. The van der Waals surface area contributed by atoms with Gasteiger partial charge in [-0.2, -0.15) is 5.26 Å². The molecule has 3 aliphatic heterocycles. The number of fused-ring (bicyclic) bond motifs is 1. The van der Waals surface area contributed by atoms with Crippen molar-refractivity contribution in [3.8, 4) is 23.1 Å². The number of nitrogens with zero attached hydrogens (tertiary/aromatic N) is 4. The first-order chi connectivity index (χ1) is 19.3. The number of nitriles is 1. The highest BCUT2D eigenvalue weighted by atomic mass is 16.6. The smallest absolute Gasteiger partial charge is 0.410 e. The van der Waals surface area contributed by atoms with Crippen molar-refractivity contribution < 1.29 is 19.1 Å². The van der Waals surface area contributed by atoms with Crippen LogP contribution in [0.1, 0.15) is 57.6 Å². The van der Waals surface area contributed by atoms with Gasteiger partial charge in [0.05, 0.1) is 18.2 Å². The fourth-order valence-electron chi connectivity index (χ4n) is 5.97. The summed E-state index contributed by atoms with van der Waals surface area (Å²) in [6.45, 7) is 8.44. The van der Waals surface area contributed by atoms with Crippen LogP contribution in [0.4, 0.5) is 4.79 Å². The fraction of sp³-hybridized carbons (Fsp3) is 0.548. The van der Waals surface area contributed by atoms with Gasteiger partial charge in [0.1, 0.15) is 12.1 Å². The van der Waals surface area contributed by atoms with Crippen molar-refractivity contribution in [1.82, 2.24) is 20.1 Å². The average Bonchev–Trinajstić information content (AvgIpc) is 3.45. The van der Waals surface area contributed by atoms with E-state index in [1.165, 1.54) is 11.1 Å². The van der Waals surface area contributed by atoms with E-state index in [1.807, 2.05) is 32.2 Å². The number of likely N-dealkylation sites (tertiary alicyclic amines) is 2. The Hall–Kier alpha value is -3.64. The summed E-state index contributed by atoms with van der Waals surface area (Å²) in [7, 11) is 0. The van der Waals surface area contributed by atoms with Crippen LogP contribution in [0.5, 0.6) is 5.88 Å². The zero-order valence-corrected chi connectivity index (χ0v) is 23.6. The van der Waals surface area contributed by atoms with Crippen molar-refractivity contribution in [1.29, 1.82) is 5.26 Å². The van der Waals surface area contributed by atoms with Gasteiger partial charge in [-0.15, -0.1) is 0 Å². The topological polar surface area (TPSA) is 108 Å². The van der Waals surface area contributed by atoms with Gasteiger partial charge in [-0.3, -0.25) is 4.79 Å². The summed E-state index contributed by atoms with van der Waals surface area (Å²) >= 11 is 0. The van der Waals surface area contributed by atoms with Crippen molar-refractivity contribution in [2.24, 2.45) is 5.92 Å². The highest BCUT2D eigenvalue weighted by molar-refractivity contribution is 5.83. The molecule has 1 N–H and O–H groups in total. The predicted octanol–water partition coefficient (Wildman–Crippen LogP) is 4.30. The van der Waals surface area contributed by atoms with Crippen LogP contribution in [-0.2, 0) is 22.5 Å². The van der Waals surface area contributed by atoms with Gasteiger partial charge in [-0.05, 0) is 87.6 Å². The number of hydrogen-bond donors (Lipinski definition) is 1. The third kappa shape index (κ3) is 6.23. The maximum absolute atomic E-state index is 13.0. The quantitative estimate of drug-likeness (QED) is 0.577. The molecule has 5 rings (SSSR count). The second kappa shape index (κ2) is 12.3. The van der Waals surface area contributed by atoms with E-state index in [-0.39, 0.29) is 36.3 Å². The van der Waals surface area contributed by atoms with Crippen LogP contribution >= 0.6 is 0 Å². The lowest BCUT2D eigenvalue weighted by Gasteiger charge is -2.34. The van der Waals surface area contributed by atoms with Gasteiger partial charge in [0.15, 0.2) is 0 Å². The Labute approximate surface area is 236 Å². The van der Waals surface area contributed by atoms with E-state index in [0.29, 0.717) is 44.4 Å². The number of aromatic nitrogens is 1. The van der Waals surface area contributed by atoms with Crippen LogP contribution in [0.15, 0.2) is 36.5 Å². The summed E-state index contributed by atoms with van der Waals surface area (Å²) in [6.07, 6.45) is 5.53. The Morgan fingerprint density at radius 1 is 1.05 bits per heavy atom. The highest BCUT2D eigenvalue weighted by Crippen LogP contribution is 2.29. The number of rotatable bonds is 6. The molecule has 1 aromatic heterocycles. The minimum atomic E-state index is -0.297. The van der Waals surface area contributed by atoms with E-state index in [2.05, 4.69) is 41.5 Å². The third-order valence-electron chi connectivity index (χ3n) is 8.33. The van der Waals surface area contributed by atoms with Crippen molar-refractivity contribution >= 4 is 12.0 Å². The summed E-state index contributed by atoms with van der Waals surface area (Å²) in [4.78, 5) is 33.3. The lowest BCUT2D eigenvalue weighted by Crippen LogP contribution is -2.50. The molecule has 2 aromatic rings. The minimum Gasteiger partial charge on any atom is -0.474 e. The van der Waals surface area contributed by atoms with Crippen LogP contribution in [0.3, 0.4) is 0 Å². The summed E-state index contributed by atoms with van der Waals surface area (Å²) in [5.74, 6) is 0.980. The van der Waals surface area contributed by atoms with Crippen molar-refractivity contribution in [3.63, 3.8) is 0 Å². The van der Waals surface area contributed by atoms with Crippen LogP contribution < -0.4 is 10.1 Å². The number of pyridine rings is 1. The second-order valence-electron chi connectivity index (χ2n) is 11.4. The summed E-state index contributed by atoms with van der Waals surface area (Å²) < 4.78 is 11.5. The van der Waals surface area contributed by atoms with Gasteiger partial charge in [0, 0.05) is 44.0 Å². The first-order valence-corrected chi connectivity index (χ1v) is 14.5. The van der Waals surface area contributed by atoms with Gasteiger partial charge < -0.3 is 24.6 Å². The van der Waals surface area contributed by atoms with Crippen LogP contribution in [-0.4, -0.2) is 70.7 Å². The van der Waals surface area contributed by atoms with Crippen molar-refractivity contribution in [2.75, 3.05) is 19.6 Å². The Morgan fingerprint density at radius 2 is 1.82 bits per heavy atom. The Bertz CT molecular complexity index is 1250. The molecular formula is C31H39N5O4. The predicted molar refractivity (Wildman–Crippen MR) is 150 cm³/mol. The lowest BCUT2D eigenvalue weighted by molar-refractivity contribution is -0.133. The van der Waals surface area contributed by atoms with E-state index in [4.69, 9.17) is 9.47 Å². The Morgan fingerprint density at radius 3 is 2.52 bits per heavy atom. The van der Waals surface area contributed by atoms with Crippen molar-refractivity contribution in [3.05, 3.63) is 47.7 Å². The molecule has 40 heavy (non-hydrogen) atoms. The SMILES string of the molecule is CC(C)OC(=O)N1CCC([C@H](C)Oc2ccc(-c3ccc4c(c3)CNC(C(=O)N3CCCC3C#N)C4)cn2)CC1. The molecule has 9 nitrogen and oxygen atoms in total. The van der Waals surface area contributed by atoms with Gasteiger partial charge >= 0.3 is 6.09 Å². The number of piperidine rings is 1. The summed E-state index contributed by atoms with van der Waals surface area (Å²) in [5, 5.41) is 12.7. The molecule has 0 aliphatic carbocycles.